The number of carbonyl (C=O) groups is 1. The van der Waals surface area contributed by atoms with Crippen LogP contribution in [0.2, 0.25) is 0 Å². The van der Waals surface area contributed by atoms with Gasteiger partial charge in [-0.2, -0.15) is 0 Å². The molecule has 24 heavy (non-hydrogen) atoms. The summed E-state index contributed by atoms with van der Waals surface area (Å²) in [4.78, 5) is 20.8. The van der Waals surface area contributed by atoms with Crippen LogP contribution in [0.15, 0.2) is 42.7 Å². The number of pyridine rings is 1. The molecule has 2 heterocycles. The molecule has 4 nitrogen and oxygen atoms in total. The molecule has 0 bridgehead atoms. The summed E-state index contributed by atoms with van der Waals surface area (Å²) in [5, 5.41) is 0. The number of hydrogen-bond acceptors (Lipinski definition) is 3. The van der Waals surface area contributed by atoms with E-state index in [4.69, 9.17) is 0 Å². The van der Waals surface area contributed by atoms with E-state index >= 15 is 0 Å². The lowest BCUT2D eigenvalue weighted by Gasteiger charge is -2.22. The number of benzene rings is 1. The third-order valence-corrected chi connectivity index (χ3v) is 4.49. The van der Waals surface area contributed by atoms with Crippen molar-refractivity contribution < 1.29 is 4.79 Å². The van der Waals surface area contributed by atoms with Crippen molar-refractivity contribution >= 4 is 5.91 Å². The Morgan fingerprint density at radius 1 is 0.917 bits per heavy atom. The SMILES string of the molecule is Cc1cc(C)cc(CN2CCC(=O)N(Cc3ccncc3)CC2)c1. The third kappa shape index (κ3) is 4.42. The molecular formula is C20H25N3O. The molecule has 0 N–H and O–H groups in total. The van der Waals surface area contributed by atoms with Crippen LogP contribution in [0.4, 0.5) is 0 Å². The van der Waals surface area contributed by atoms with Crippen LogP contribution in [0.3, 0.4) is 0 Å². The topological polar surface area (TPSA) is 36.4 Å². The van der Waals surface area contributed by atoms with Crippen LogP contribution in [0, 0.1) is 13.8 Å². The zero-order chi connectivity index (χ0) is 16.9. The lowest BCUT2D eigenvalue weighted by Crippen LogP contribution is -2.32. The Hall–Kier alpha value is -2.20. The third-order valence-electron chi connectivity index (χ3n) is 4.49. The number of aryl methyl sites for hydroxylation is 2. The highest BCUT2D eigenvalue weighted by Gasteiger charge is 2.21. The molecule has 0 radical (unpaired) electrons. The number of hydrogen-bond donors (Lipinski definition) is 0. The number of aromatic nitrogens is 1. The first kappa shape index (κ1) is 16.7. The maximum absolute atomic E-state index is 12.4. The summed E-state index contributed by atoms with van der Waals surface area (Å²) in [5.41, 5.74) is 5.08. The van der Waals surface area contributed by atoms with E-state index in [1.807, 2.05) is 17.0 Å². The molecule has 1 aromatic carbocycles. The van der Waals surface area contributed by atoms with Gasteiger partial charge in [-0.3, -0.25) is 14.7 Å². The number of carbonyl (C=O) groups excluding carboxylic acids is 1. The number of amides is 1. The Bertz CT molecular complexity index is 679. The van der Waals surface area contributed by atoms with E-state index in [9.17, 15) is 4.79 Å². The van der Waals surface area contributed by atoms with Gasteiger partial charge in [-0.25, -0.2) is 0 Å². The molecule has 0 aliphatic carbocycles. The predicted octanol–water partition coefficient (Wildman–Crippen LogP) is 2.93. The molecule has 1 saturated heterocycles. The smallest absolute Gasteiger partial charge is 0.224 e. The Morgan fingerprint density at radius 2 is 1.62 bits per heavy atom. The Balaban J connectivity index is 1.62. The second-order valence-electron chi connectivity index (χ2n) is 6.69. The van der Waals surface area contributed by atoms with Gasteiger partial charge in [-0.05, 0) is 37.1 Å². The van der Waals surface area contributed by atoms with Gasteiger partial charge in [-0.1, -0.05) is 29.3 Å². The van der Waals surface area contributed by atoms with Crippen LogP contribution in [0.25, 0.3) is 0 Å². The van der Waals surface area contributed by atoms with Gasteiger partial charge in [0.25, 0.3) is 0 Å². The van der Waals surface area contributed by atoms with E-state index in [1.54, 1.807) is 12.4 Å². The zero-order valence-electron chi connectivity index (χ0n) is 14.5. The fourth-order valence-electron chi connectivity index (χ4n) is 3.36. The monoisotopic (exact) mass is 323 g/mol. The largest absolute Gasteiger partial charge is 0.337 e. The van der Waals surface area contributed by atoms with Gasteiger partial charge in [0, 0.05) is 51.5 Å². The van der Waals surface area contributed by atoms with Crippen LogP contribution in [-0.2, 0) is 17.9 Å². The average Bonchev–Trinajstić information content (AvgIpc) is 2.71. The van der Waals surface area contributed by atoms with E-state index in [-0.39, 0.29) is 5.91 Å². The Labute approximate surface area is 144 Å². The minimum Gasteiger partial charge on any atom is -0.337 e. The summed E-state index contributed by atoms with van der Waals surface area (Å²) in [6.07, 6.45) is 4.16. The van der Waals surface area contributed by atoms with Crippen LogP contribution in [0.5, 0.6) is 0 Å². The molecule has 1 aliphatic rings. The van der Waals surface area contributed by atoms with Crippen molar-refractivity contribution in [2.75, 3.05) is 19.6 Å². The van der Waals surface area contributed by atoms with Gasteiger partial charge in [0.05, 0.1) is 0 Å². The molecule has 0 atom stereocenters. The maximum atomic E-state index is 12.4. The standard InChI is InChI=1S/C20H25N3O/c1-16-11-17(2)13-19(12-16)14-22-8-5-20(24)23(10-9-22)15-18-3-6-21-7-4-18/h3-4,6-7,11-13H,5,8-10,14-15H2,1-2H3. The molecular weight excluding hydrogens is 298 g/mol. The summed E-state index contributed by atoms with van der Waals surface area (Å²) in [6.45, 7) is 8.41. The van der Waals surface area contributed by atoms with Crippen molar-refractivity contribution in [3.05, 3.63) is 65.0 Å². The lowest BCUT2D eigenvalue weighted by atomic mass is 10.1. The normalized spacial score (nSPS) is 16.2. The van der Waals surface area contributed by atoms with Gasteiger partial charge in [0.2, 0.25) is 5.91 Å². The Kier molecular flexibility index (Phi) is 5.26. The predicted molar refractivity (Wildman–Crippen MR) is 95.5 cm³/mol. The molecule has 126 valence electrons. The van der Waals surface area contributed by atoms with Crippen molar-refractivity contribution in [2.24, 2.45) is 0 Å². The minimum absolute atomic E-state index is 0.245. The summed E-state index contributed by atoms with van der Waals surface area (Å²) in [5.74, 6) is 0.245. The average molecular weight is 323 g/mol. The second kappa shape index (κ2) is 7.58. The number of nitrogens with zero attached hydrogens (tertiary/aromatic N) is 3. The van der Waals surface area contributed by atoms with Gasteiger partial charge in [0.15, 0.2) is 0 Å². The Morgan fingerprint density at radius 3 is 2.33 bits per heavy atom. The fourth-order valence-corrected chi connectivity index (χ4v) is 3.36. The van der Waals surface area contributed by atoms with E-state index in [0.717, 1.165) is 31.7 Å². The first-order valence-corrected chi connectivity index (χ1v) is 8.56. The summed E-state index contributed by atoms with van der Waals surface area (Å²) < 4.78 is 0. The maximum Gasteiger partial charge on any atom is 0.224 e. The van der Waals surface area contributed by atoms with E-state index in [0.29, 0.717) is 13.0 Å². The molecule has 1 fully saturated rings. The summed E-state index contributed by atoms with van der Waals surface area (Å²) in [7, 11) is 0. The second-order valence-corrected chi connectivity index (χ2v) is 6.69. The summed E-state index contributed by atoms with van der Waals surface area (Å²) >= 11 is 0. The molecule has 1 aliphatic heterocycles. The van der Waals surface area contributed by atoms with E-state index < -0.39 is 0 Å². The summed E-state index contributed by atoms with van der Waals surface area (Å²) in [6, 6.07) is 10.6. The van der Waals surface area contributed by atoms with E-state index in [2.05, 4.69) is 41.9 Å². The first-order valence-electron chi connectivity index (χ1n) is 8.56. The van der Waals surface area contributed by atoms with Crippen LogP contribution in [-0.4, -0.2) is 40.3 Å². The van der Waals surface area contributed by atoms with Crippen LogP contribution >= 0.6 is 0 Å². The molecule has 1 aromatic heterocycles. The molecule has 3 rings (SSSR count). The fraction of sp³-hybridized carbons (Fsp3) is 0.400. The van der Waals surface area contributed by atoms with Crippen LogP contribution in [0.1, 0.15) is 28.7 Å². The van der Waals surface area contributed by atoms with Gasteiger partial charge in [0.1, 0.15) is 0 Å². The highest BCUT2D eigenvalue weighted by atomic mass is 16.2. The van der Waals surface area contributed by atoms with Crippen molar-refractivity contribution in [1.29, 1.82) is 0 Å². The van der Waals surface area contributed by atoms with Crippen molar-refractivity contribution in [3.63, 3.8) is 0 Å². The van der Waals surface area contributed by atoms with Crippen LogP contribution < -0.4 is 0 Å². The highest BCUT2D eigenvalue weighted by Crippen LogP contribution is 2.15. The zero-order valence-corrected chi connectivity index (χ0v) is 14.5. The lowest BCUT2D eigenvalue weighted by molar-refractivity contribution is -0.130. The molecule has 0 saturated carbocycles. The van der Waals surface area contributed by atoms with Gasteiger partial charge in [-0.15, -0.1) is 0 Å². The molecule has 0 spiro atoms. The minimum atomic E-state index is 0.245. The van der Waals surface area contributed by atoms with Gasteiger partial charge < -0.3 is 4.90 Å². The van der Waals surface area contributed by atoms with Crippen molar-refractivity contribution in [2.45, 2.75) is 33.4 Å². The van der Waals surface area contributed by atoms with Gasteiger partial charge >= 0.3 is 0 Å². The number of rotatable bonds is 4. The first-order chi connectivity index (χ1) is 11.6. The molecule has 4 heteroatoms. The van der Waals surface area contributed by atoms with Crippen molar-refractivity contribution in [1.82, 2.24) is 14.8 Å². The molecule has 1 amide bonds. The molecule has 2 aromatic rings. The molecule has 0 unspecified atom stereocenters. The highest BCUT2D eigenvalue weighted by molar-refractivity contribution is 5.76. The van der Waals surface area contributed by atoms with Crippen molar-refractivity contribution in [3.8, 4) is 0 Å². The quantitative estimate of drug-likeness (QED) is 0.868. The van der Waals surface area contributed by atoms with E-state index in [1.165, 1.54) is 16.7 Å².